The van der Waals surface area contributed by atoms with Crippen molar-refractivity contribution in [2.24, 2.45) is 0 Å². The third kappa shape index (κ3) is 4.50. The molecule has 0 saturated carbocycles. The van der Waals surface area contributed by atoms with E-state index in [1.807, 2.05) is 6.07 Å². The molecule has 1 aromatic heterocycles. The Morgan fingerprint density at radius 1 is 1.29 bits per heavy atom. The summed E-state index contributed by atoms with van der Waals surface area (Å²) in [5.41, 5.74) is 0.246. The van der Waals surface area contributed by atoms with Crippen LogP contribution in [-0.2, 0) is 16.0 Å². The molecule has 0 fully saturated rings. The number of rotatable bonds is 4. The van der Waals surface area contributed by atoms with Gasteiger partial charge in [0.05, 0.1) is 13.2 Å². The van der Waals surface area contributed by atoms with Gasteiger partial charge in [-0.25, -0.2) is 9.59 Å². The van der Waals surface area contributed by atoms with E-state index in [1.54, 1.807) is 39.8 Å². The Hall–Kier alpha value is -2.02. The van der Waals surface area contributed by atoms with Crippen molar-refractivity contribution in [2.75, 3.05) is 6.61 Å². The summed E-state index contributed by atoms with van der Waals surface area (Å²) in [7, 11) is 0. The Labute approximate surface area is 148 Å². The van der Waals surface area contributed by atoms with Crippen molar-refractivity contribution < 1.29 is 23.5 Å². The number of carbonyl (C=O) groups is 2. The van der Waals surface area contributed by atoms with Crippen LogP contribution >= 0.6 is 15.9 Å². The molecule has 0 aliphatic heterocycles. The van der Waals surface area contributed by atoms with Gasteiger partial charge in [0, 0.05) is 9.86 Å². The predicted molar refractivity (Wildman–Crippen MR) is 92.9 cm³/mol. The fourth-order valence-corrected chi connectivity index (χ4v) is 2.48. The lowest BCUT2D eigenvalue weighted by Crippen LogP contribution is -2.32. The molecule has 0 radical (unpaired) electrons. The van der Waals surface area contributed by atoms with Gasteiger partial charge in [-0.15, -0.1) is 0 Å². The van der Waals surface area contributed by atoms with Crippen LogP contribution in [0.15, 0.2) is 27.1 Å². The largest absolute Gasteiger partial charge is 0.462 e. The Balaban J connectivity index is 2.29. The van der Waals surface area contributed by atoms with Crippen molar-refractivity contribution >= 4 is 39.0 Å². The zero-order valence-electron chi connectivity index (χ0n) is 14.1. The maximum Gasteiger partial charge on any atom is 0.408 e. The molecule has 1 heterocycles. The number of hydrogen-bond acceptors (Lipinski definition) is 5. The molecular formula is C17H20BrNO5. The third-order valence-electron chi connectivity index (χ3n) is 3.00. The van der Waals surface area contributed by atoms with E-state index >= 15 is 0 Å². The number of esters is 1. The molecule has 24 heavy (non-hydrogen) atoms. The van der Waals surface area contributed by atoms with Gasteiger partial charge in [0.2, 0.25) is 0 Å². The predicted octanol–water partition coefficient (Wildman–Crippen LogP) is 4.40. The summed E-state index contributed by atoms with van der Waals surface area (Å²) in [6, 6.07) is 5.34. The summed E-state index contributed by atoms with van der Waals surface area (Å²) >= 11 is 3.36. The summed E-state index contributed by atoms with van der Waals surface area (Å²) in [6.07, 6.45) is -0.584. The summed E-state index contributed by atoms with van der Waals surface area (Å²) in [6.45, 7) is 7.33. The molecular weight excluding hydrogens is 378 g/mol. The van der Waals surface area contributed by atoms with Crippen LogP contribution in [0.1, 0.15) is 43.8 Å². The molecule has 1 amide bonds. The molecule has 0 aliphatic rings. The molecule has 0 aliphatic carbocycles. The highest BCUT2D eigenvalue weighted by Crippen LogP contribution is 2.29. The van der Waals surface area contributed by atoms with Crippen molar-refractivity contribution in [3.8, 4) is 0 Å². The van der Waals surface area contributed by atoms with Gasteiger partial charge in [-0.1, -0.05) is 15.9 Å². The zero-order valence-corrected chi connectivity index (χ0v) is 15.7. The number of nitrogens with one attached hydrogen (secondary N) is 1. The summed E-state index contributed by atoms with van der Waals surface area (Å²) in [4.78, 5) is 24.1. The molecule has 2 aromatic rings. The second kappa shape index (κ2) is 7.25. The van der Waals surface area contributed by atoms with Gasteiger partial charge in [-0.2, -0.15) is 0 Å². The van der Waals surface area contributed by atoms with E-state index in [4.69, 9.17) is 13.9 Å². The second-order valence-electron chi connectivity index (χ2n) is 6.12. The van der Waals surface area contributed by atoms with Gasteiger partial charge in [-0.05, 0) is 45.9 Å². The molecule has 0 spiro atoms. The summed E-state index contributed by atoms with van der Waals surface area (Å²) < 4.78 is 16.8. The number of carbonyl (C=O) groups excluding carboxylic acids is 2. The van der Waals surface area contributed by atoms with E-state index < -0.39 is 17.7 Å². The average Bonchev–Trinajstić information content (AvgIpc) is 2.81. The van der Waals surface area contributed by atoms with E-state index in [1.165, 1.54) is 0 Å². The molecule has 2 rings (SSSR count). The van der Waals surface area contributed by atoms with Crippen LogP contribution in [0.4, 0.5) is 4.79 Å². The van der Waals surface area contributed by atoms with Gasteiger partial charge in [0.1, 0.15) is 22.5 Å². The van der Waals surface area contributed by atoms with Gasteiger partial charge in [0.15, 0.2) is 0 Å². The van der Waals surface area contributed by atoms with Crippen molar-refractivity contribution in [1.29, 1.82) is 0 Å². The van der Waals surface area contributed by atoms with E-state index in [9.17, 15) is 9.59 Å². The van der Waals surface area contributed by atoms with Crippen LogP contribution in [-0.4, -0.2) is 24.3 Å². The minimum absolute atomic E-state index is 0.0232. The molecule has 0 atom stereocenters. The summed E-state index contributed by atoms with van der Waals surface area (Å²) in [5.74, 6) is -0.160. The van der Waals surface area contributed by atoms with E-state index in [-0.39, 0.29) is 13.2 Å². The fourth-order valence-electron chi connectivity index (χ4n) is 2.14. The van der Waals surface area contributed by atoms with Crippen molar-refractivity contribution in [3.63, 3.8) is 0 Å². The monoisotopic (exact) mass is 397 g/mol. The van der Waals surface area contributed by atoms with Crippen molar-refractivity contribution in [2.45, 2.75) is 39.8 Å². The normalized spacial score (nSPS) is 11.4. The minimum Gasteiger partial charge on any atom is -0.462 e. The van der Waals surface area contributed by atoms with Crippen LogP contribution < -0.4 is 5.32 Å². The first kappa shape index (κ1) is 18.3. The van der Waals surface area contributed by atoms with Crippen LogP contribution in [0.2, 0.25) is 0 Å². The van der Waals surface area contributed by atoms with Crippen LogP contribution in [0.5, 0.6) is 0 Å². The average molecular weight is 398 g/mol. The Kier molecular flexibility index (Phi) is 5.54. The Morgan fingerprint density at radius 3 is 2.62 bits per heavy atom. The molecule has 0 unspecified atom stereocenters. The van der Waals surface area contributed by atoms with Crippen LogP contribution in [0, 0.1) is 0 Å². The van der Waals surface area contributed by atoms with E-state index in [2.05, 4.69) is 21.2 Å². The summed E-state index contributed by atoms with van der Waals surface area (Å²) in [5, 5.41) is 3.23. The smallest absolute Gasteiger partial charge is 0.408 e. The molecule has 1 N–H and O–H groups in total. The topological polar surface area (TPSA) is 77.8 Å². The number of furan rings is 1. The Bertz CT molecular complexity index is 760. The van der Waals surface area contributed by atoms with Crippen molar-refractivity contribution in [1.82, 2.24) is 5.32 Å². The first-order valence-corrected chi connectivity index (χ1v) is 8.35. The van der Waals surface area contributed by atoms with Gasteiger partial charge in [0.25, 0.3) is 0 Å². The highest BCUT2D eigenvalue weighted by atomic mass is 79.9. The number of amides is 1. The lowest BCUT2D eigenvalue weighted by atomic mass is 10.1. The lowest BCUT2D eigenvalue weighted by Gasteiger charge is -2.19. The number of hydrogen-bond donors (Lipinski definition) is 1. The number of alkyl carbamates (subject to hydrolysis) is 1. The van der Waals surface area contributed by atoms with Crippen molar-refractivity contribution in [3.05, 3.63) is 34.0 Å². The van der Waals surface area contributed by atoms with Crippen LogP contribution in [0.25, 0.3) is 11.0 Å². The Morgan fingerprint density at radius 2 is 2.00 bits per heavy atom. The molecule has 130 valence electrons. The van der Waals surface area contributed by atoms with E-state index in [0.717, 1.165) is 4.47 Å². The standard InChI is InChI=1S/C17H20BrNO5/c1-5-22-15(20)14-11-7-6-10(18)8-12(11)23-13(14)9-19-16(21)24-17(2,3)4/h6-8H,5,9H2,1-4H3,(H,19,21). The van der Waals surface area contributed by atoms with Gasteiger partial charge >= 0.3 is 12.1 Å². The quantitative estimate of drug-likeness (QED) is 0.773. The zero-order chi connectivity index (χ0) is 17.9. The SMILES string of the molecule is CCOC(=O)c1c(CNC(=O)OC(C)(C)C)oc2cc(Br)ccc12. The molecule has 0 bridgehead atoms. The maximum atomic E-state index is 12.3. The number of ether oxygens (including phenoxy) is 2. The second-order valence-corrected chi connectivity index (χ2v) is 7.03. The highest BCUT2D eigenvalue weighted by molar-refractivity contribution is 9.10. The molecule has 0 saturated heterocycles. The molecule has 6 nitrogen and oxygen atoms in total. The first-order valence-electron chi connectivity index (χ1n) is 7.56. The first-order chi connectivity index (χ1) is 11.2. The van der Waals surface area contributed by atoms with Gasteiger partial charge in [-0.3, -0.25) is 0 Å². The molecule has 7 heteroatoms. The minimum atomic E-state index is -0.604. The number of benzene rings is 1. The lowest BCUT2D eigenvalue weighted by molar-refractivity contribution is 0.0498. The fraction of sp³-hybridized carbons (Fsp3) is 0.412. The van der Waals surface area contributed by atoms with Gasteiger partial charge < -0.3 is 19.2 Å². The number of halogens is 1. The van der Waals surface area contributed by atoms with E-state index in [0.29, 0.717) is 22.3 Å². The number of fused-ring (bicyclic) bond motifs is 1. The molecule has 1 aromatic carbocycles. The third-order valence-corrected chi connectivity index (χ3v) is 3.49. The highest BCUT2D eigenvalue weighted by Gasteiger charge is 2.23. The van der Waals surface area contributed by atoms with Crippen LogP contribution in [0.3, 0.4) is 0 Å². The maximum absolute atomic E-state index is 12.3.